The van der Waals surface area contributed by atoms with E-state index in [0.29, 0.717) is 18.7 Å². The maximum absolute atomic E-state index is 12.4. The van der Waals surface area contributed by atoms with Gasteiger partial charge in [0.1, 0.15) is 5.75 Å². The van der Waals surface area contributed by atoms with E-state index in [1.54, 1.807) is 0 Å². The molecule has 3 rings (SSSR count). The van der Waals surface area contributed by atoms with Crippen LogP contribution in [0.3, 0.4) is 0 Å². The third kappa shape index (κ3) is 5.12. The molecule has 0 bridgehead atoms. The van der Waals surface area contributed by atoms with Gasteiger partial charge in [-0.3, -0.25) is 9.59 Å². The number of carbonyl (C=O) groups is 2. The van der Waals surface area contributed by atoms with Crippen LogP contribution in [0.5, 0.6) is 5.75 Å². The molecule has 2 amide bonds. The maximum atomic E-state index is 12.4. The van der Waals surface area contributed by atoms with Crippen LogP contribution >= 0.6 is 0 Å². The predicted molar refractivity (Wildman–Crippen MR) is 110 cm³/mol. The van der Waals surface area contributed by atoms with Gasteiger partial charge in [-0.25, -0.2) is 0 Å². The summed E-state index contributed by atoms with van der Waals surface area (Å²) in [7, 11) is 0. The Labute approximate surface area is 166 Å². The second-order valence-electron chi connectivity index (χ2n) is 7.53. The standard InChI is InChI=1S/C23H28N2O3/c1-16-5-4-6-19(13-16)23(27)24-20-9-11-25(12-10-20)22(26)15-28-21-8-7-17(2)18(3)14-21/h4-8,13-14,20H,9-12,15H2,1-3H3,(H,24,27). The first-order valence-corrected chi connectivity index (χ1v) is 9.78. The van der Waals surface area contributed by atoms with Crippen LogP contribution in [0, 0.1) is 20.8 Å². The van der Waals surface area contributed by atoms with E-state index in [4.69, 9.17) is 4.74 Å². The summed E-state index contributed by atoms with van der Waals surface area (Å²) in [5.41, 5.74) is 4.10. The Kier molecular flexibility index (Phi) is 6.34. The molecule has 0 aliphatic carbocycles. The van der Waals surface area contributed by atoms with Gasteiger partial charge in [-0.15, -0.1) is 0 Å². The highest BCUT2D eigenvalue weighted by molar-refractivity contribution is 5.94. The number of likely N-dealkylation sites (tertiary alicyclic amines) is 1. The van der Waals surface area contributed by atoms with Gasteiger partial charge >= 0.3 is 0 Å². The quantitative estimate of drug-likeness (QED) is 0.865. The molecule has 5 heteroatoms. The summed E-state index contributed by atoms with van der Waals surface area (Å²) in [6.45, 7) is 7.36. The number of aryl methyl sites for hydroxylation is 3. The van der Waals surface area contributed by atoms with Gasteiger partial charge in [0.05, 0.1) is 0 Å². The van der Waals surface area contributed by atoms with Crippen molar-refractivity contribution in [2.75, 3.05) is 19.7 Å². The second kappa shape index (κ2) is 8.91. The van der Waals surface area contributed by atoms with Crippen molar-refractivity contribution in [3.63, 3.8) is 0 Å². The number of nitrogens with zero attached hydrogens (tertiary/aromatic N) is 1. The second-order valence-corrected chi connectivity index (χ2v) is 7.53. The van der Waals surface area contributed by atoms with Crippen LogP contribution in [-0.4, -0.2) is 42.5 Å². The molecule has 2 aromatic carbocycles. The van der Waals surface area contributed by atoms with Crippen LogP contribution < -0.4 is 10.1 Å². The lowest BCUT2D eigenvalue weighted by Gasteiger charge is -2.32. The Morgan fingerprint density at radius 1 is 1.04 bits per heavy atom. The summed E-state index contributed by atoms with van der Waals surface area (Å²) in [6.07, 6.45) is 1.51. The molecule has 2 aromatic rings. The highest BCUT2D eigenvalue weighted by Gasteiger charge is 2.24. The summed E-state index contributed by atoms with van der Waals surface area (Å²) >= 11 is 0. The van der Waals surface area contributed by atoms with Gasteiger partial charge in [0, 0.05) is 24.7 Å². The molecule has 1 fully saturated rings. The SMILES string of the molecule is Cc1cccc(C(=O)NC2CCN(C(=O)COc3ccc(C)c(C)c3)CC2)c1. The minimum Gasteiger partial charge on any atom is -0.484 e. The van der Waals surface area contributed by atoms with Crippen LogP contribution in [-0.2, 0) is 4.79 Å². The topological polar surface area (TPSA) is 58.6 Å². The fourth-order valence-corrected chi connectivity index (χ4v) is 3.37. The Balaban J connectivity index is 1.44. The highest BCUT2D eigenvalue weighted by Crippen LogP contribution is 2.17. The van der Waals surface area contributed by atoms with Crippen molar-refractivity contribution in [1.82, 2.24) is 10.2 Å². The van der Waals surface area contributed by atoms with Crippen molar-refractivity contribution in [3.05, 3.63) is 64.7 Å². The fourth-order valence-electron chi connectivity index (χ4n) is 3.37. The molecule has 0 radical (unpaired) electrons. The predicted octanol–water partition coefficient (Wildman–Crippen LogP) is 3.41. The molecule has 1 saturated heterocycles. The van der Waals surface area contributed by atoms with E-state index in [1.807, 2.05) is 68.1 Å². The Hall–Kier alpha value is -2.82. The Bertz CT molecular complexity index is 855. The third-order valence-electron chi connectivity index (χ3n) is 5.30. The van der Waals surface area contributed by atoms with E-state index in [9.17, 15) is 9.59 Å². The summed E-state index contributed by atoms with van der Waals surface area (Å²) in [5.74, 6) is 0.657. The monoisotopic (exact) mass is 380 g/mol. The van der Waals surface area contributed by atoms with Crippen LogP contribution in [0.4, 0.5) is 0 Å². The van der Waals surface area contributed by atoms with Gasteiger partial charge in [0.25, 0.3) is 11.8 Å². The zero-order chi connectivity index (χ0) is 20.1. The number of hydrogen-bond donors (Lipinski definition) is 1. The van der Waals surface area contributed by atoms with Gasteiger partial charge in [-0.05, 0) is 69.0 Å². The molecule has 0 aromatic heterocycles. The van der Waals surface area contributed by atoms with Crippen molar-refractivity contribution < 1.29 is 14.3 Å². The van der Waals surface area contributed by atoms with Crippen molar-refractivity contribution in [2.45, 2.75) is 39.7 Å². The molecule has 5 nitrogen and oxygen atoms in total. The van der Waals surface area contributed by atoms with Gasteiger partial charge in [-0.1, -0.05) is 23.8 Å². The minimum atomic E-state index is -0.0495. The molecular weight excluding hydrogens is 352 g/mol. The molecule has 148 valence electrons. The van der Waals surface area contributed by atoms with E-state index < -0.39 is 0 Å². The van der Waals surface area contributed by atoms with E-state index in [-0.39, 0.29) is 24.5 Å². The molecule has 0 saturated carbocycles. The van der Waals surface area contributed by atoms with Gasteiger partial charge in [-0.2, -0.15) is 0 Å². The largest absolute Gasteiger partial charge is 0.484 e. The number of ether oxygens (including phenoxy) is 1. The summed E-state index contributed by atoms with van der Waals surface area (Å²) in [6, 6.07) is 13.5. The van der Waals surface area contributed by atoms with Crippen LogP contribution in [0.2, 0.25) is 0 Å². The van der Waals surface area contributed by atoms with Crippen molar-refractivity contribution >= 4 is 11.8 Å². The molecule has 0 unspecified atom stereocenters. The van der Waals surface area contributed by atoms with Crippen molar-refractivity contribution in [1.29, 1.82) is 0 Å². The number of hydrogen-bond acceptors (Lipinski definition) is 3. The third-order valence-corrected chi connectivity index (χ3v) is 5.30. The summed E-state index contributed by atoms with van der Waals surface area (Å²) < 4.78 is 5.66. The number of amides is 2. The van der Waals surface area contributed by atoms with Crippen LogP contribution in [0.25, 0.3) is 0 Å². The number of rotatable bonds is 5. The molecule has 1 aliphatic heterocycles. The van der Waals surface area contributed by atoms with E-state index in [0.717, 1.165) is 29.7 Å². The fraction of sp³-hybridized carbons (Fsp3) is 0.391. The highest BCUT2D eigenvalue weighted by atomic mass is 16.5. The van der Waals surface area contributed by atoms with Gasteiger partial charge < -0.3 is 15.0 Å². The Morgan fingerprint density at radius 2 is 1.79 bits per heavy atom. The lowest BCUT2D eigenvalue weighted by molar-refractivity contribution is -0.134. The molecule has 1 heterocycles. The van der Waals surface area contributed by atoms with Crippen LogP contribution in [0.1, 0.15) is 39.9 Å². The molecule has 28 heavy (non-hydrogen) atoms. The van der Waals surface area contributed by atoms with E-state index in [1.165, 1.54) is 5.56 Å². The molecule has 1 aliphatic rings. The molecule has 0 atom stereocenters. The number of nitrogens with one attached hydrogen (secondary N) is 1. The molecule has 1 N–H and O–H groups in total. The lowest BCUT2D eigenvalue weighted by Crippen LogP contribution is -2.47. The number of benzene rings is 2. The first kappa shape index (κ1) is 19.9. The minimum absolute atomic E-state index is 0.0123. The zero-order valence-electron chi connectivity index (χ0n) is 16.8. The van der Waals surface area contributed by atoms with E-state index >= 15 is 0 Å². The Morgan fingerprint density at radius 3 is 2.46 bits per heavy atom. The number of carbonyl (C=O) groups excluding carboxylic acids is 2. The smallest absolute Gasteiger partial charge is 0.260 e. The summed E-state index contributed by atoms with van der Waals surface area (Å²) in [4.78, 5) is 26.6. The average molecular weight is 380 g/mol. The lowest BCUT2D eigenvalue weighted by atomic mass is 10.0. The van der Waals surface area contributed by atoms with Crippen molar-refractivity contribution in [3.8, 4) is 5.75 Å². The summed E-state index contributed by atoms with van der Waals surface area (Å²) in [5, 5.41) is 3.08. The average Bonchev–Trinajstić information content (AvgIpc) is 2.69. The first-order valence-electron chi connectivity index (χ1n) is 9.78. The first-order chi connectivity index (χ1) is 13.4. The maximum Gasteiger partial charge on any atom is 0.260 e. The van der Waals surface area contributed by atoms with Crippen molar-refractivity contribution in [2.24, 2.45) is 0 Å². The van der Waals surface area contributed by atoms with Crippen LogP contribution in [0.15, 0.2) is 42.5 Å². The number of piperidine rings is 1. The molecule has 0 spiro atoms. The van der Waals surface area contributed by atoms with Gasteiger partial charge in [0.2, 0.25) is 0 Å². The van der Waals surface area contributed by atoms with Gasteiger partial charge in [0.15, 0.2) is 6.61 Å². The van der Waals surface area contributed by atoms with E-state index in [2.05, 4.69) is 5.32 Å². The zero-order valence-corrected chi connectivity index (χ0v) is 16.8. The normalized spacial score (nSPS) is 14.6. The molecular formula is C23H28N2O3.